The number of likely N-dealkylation sites (tertiary alicyclic amines) is 1. The van der Waals surface area contributed by atoms with Crippen LogP contribution in [0.3, 0.4) is 0 Å². The van der Waals surface area contributed by atoms with E-state index in [1.807, 2.05) is 6.07 Å². The highest BCUT2D eigenvalue weighted by molar-refractivity contribution is 5.49. The molecule has 1 aromatic rings. The number of nitrogens with zero attached hydrogens (tertiary/aromatic N) is 1. The Kier molecular flexibility index (Phi) is 5.12. The first kappa shape index (κ1) is 16.1. The van der Waals surface area contributed by atoms with Crippen LogP contribution >= 0.6 is 0 Å². The van der Waals surface area contributed by atoms with Crippen LogP contribution in [0.1, 0.15) is 43.4 Å². The fraction of sp³-hybridized carbons (Fsp3) is 0.647. The maximum atomic E-state index is 5.85. The Labute approximate surface area is 128 Å². The van der Waals surface area contributed by atoms with E-state index in [9.17, 15) is 0 Å². The highest BCUT2D eigenvalue weighted by atomic mass is 16.5. The monoisotopic (exact) mass is 292 g/mol. The molecule has 0 amide bonds. The summed E-state index contributed by atoms with van der Waals surface area (Å²) in [5.41, 5.74) is 8.34. The zero-order chi connectivity index (χ0) is 15.6. The predicted octanol–water partition coefficient (Wildman–Crippen LogP) is 2.78. The van der Waals surface area contributed by atoms with Gasteiger partial charge in [0.25, 0.3) is 0 Å². The van der Waals surface area contributed by atoms with E-state index in [0.29, 0.717) is 17.9 Å². The summed E-state index contributed by atoms with van der Waals surface area (Å²) in [6.45, 7) is 6.17. The maximum absolute atomic E-state index is 5.85. The number of ether oxygens (including phenoxy) is 2. The second-order valence-corrected chi connectivity index (χ2v) is 6.28. The van der Waals surface area contributed by atoms with E-state index >= 15 is 0 Å². The molecule has 1 aliphatic rings. The molecule has 118 valence electrons. The van der Waals surface area contributed by atoms with Gasteiger partial charge in [0.2, 0.25) is 0 Å². The highest BCUT2D eigenvalue weighted by Gasteiger charge is 2.32. The topological polar surface area (TPSA) is 47.7 Å². The number of hydrogen-bond donors (Lipinski definition) is 1. The van der Waals surface area contributed by atoms with E-state index in [4.69, 9.17) is 15.2 Å². The molecular weight excluding hydrogens is 264 g/mol. The van der Waals surface area contributed by atoms with E-state index in [0.717, 1.165) is 31.0 Å². The molecule has 1 aliphatic heterocycles. The van der Waals surface area contributed by atoms with Crippen molar-refractivity contribution in [2.24, 2.45) is 11.7 Å². The molecule has 4 heteroatoms. The molecule has 0 spiro atoms. The lowest BCUT2D eigenvalue weighted by Gasteiger charge is -2.24. The molecule has 2 unspecified atom stereocenters. The van der Waals surface area contributed by atoms with Gasteiger partial charge in [0, 0.05) is 24.2 Å². The average Bonchev–Trinajstić information content (AvgIpc) is 2.86. The molecule has 21 heavy (non-hydrogen) atoms. The molecular formula is C17H28N2O2. The first-order chi connectivity index (χ1) is 10.0. The predicted molar refractivity (Wildman–Crippen MR) is 86.2 cm³/mol. The van der Waals surface area contributed by atoms with Gasteiger partial charge < -0.3 is 15.2 Å². The number of benzene rings is 1. The normalized spacial score (nSPS) is 22.8. The highest BCUT2D eigenvalue weighted by Crippen LogP contribution is 2.42. The van der Waals surface area contributed by atoms with Gasteiger partial charge in [-0.3, -0.25) is 4.90 Å². The summed E-state index contributed by atoms with van der Waals surface area (Å²) in [5.74, 6) is 2.79. The summed E-state index contributed by atoms with van der Waals surface area (Å²) >= 11 is 0. The van der Waals surface area contributed by atoms with Crippen molar-refractivity contribution in [2.45, 2.75) is 32.2 Å². The molecule has 0 saturated carbocycles. The summed E-state index contributed by atoms with van der Waals surface area (Å²) in [7, 11) is 5.61. The van der Waals surface area contributed by atoms with Gasteiger partial charge in [-0.25, -0.2) is 0 Å². The lowest BCUT2D eigenvalue weighted by Crippen LogP contribution is -2.21. The quantitative estimate of drug-likeness (QED) is 0.906. The van der Waals surface area contributed by atoms with Gasteiger partial charge in [-0.05, 0) is 43.5 Å². The van der Waals surface area contributed by atoms with E-state index < -0.39 is 0 Å². The van der Waals surface area contributed by atoms with Crippen LogP contribution in [0.5, 0.6) is 11.5 Å². The zero-order valence-corrected chi connectivity index (χ0v) is 13.8. The minimum atomic E-state index is 0.372. The van der Waals surface area contributed by atoms with Gasteiger partial charge in [-0.15, -0.1) is 0 Å². The van der Waals surface area contributed by atoms with Gasteiger partial charge in [-0.1, -0.05) is 13.8 Å². The van der Waals surface area contributed by atoms with Crippen LogP contribution in [-0.2, 0) is 0 Å². The third-order valence-corrected chi connectivity index (χ3v) is 4.53. The van der Waals surface area contributed by atoms with E-state index in [-0.39, 0.29) is 0 Å². The molecule has 1 aromatic carbocycles. The van der Waals surface area contributed by atoms with E-state index in [1.165, 1.54) is 11.1 Å². The lowest BCUT2D eigenvalue weighted by molar-refractivity contribution is 0.301. The molecule has 0 radical (unpaired) electrons. The van der Waals surface area contributed by atoms with Gasteiger partial charge >= 0.3 is 0 Å². The standard InChI is InChI=1S/C17H28N2O2/c1-11(2)13-7-14(17(21-5)8-16(13)20-4)15-6-12(9-18)10-19(15)3/h7-8,11-12,15H,6,9-10,18H2,1-5H3. The molecule has 0 aliphatic carbocycles. The van der Waals surface area contributed by atoms with Crippen LogP contribution in [0.4, 0.5) is 0 Å². The molecule has 1 fully saturated rings. The smallest absolute Gasteiger partial charge is 0.127 e. The Morgan fingerprint density at radius 1 is 1.24 bits per heavy atom. The van der Waals surface area contributed by atoms with Crippen molar-refractivity contribution in [2.75, 3.05) is 34.4 Å². The second kappa shape index (κ2) is 6.67. The summed E-state index contributed by atoms with van der Waals surface area (Å²) in [5, 5.41) is 0. The first-order valence-corrected chi connectivity index (χ1v) is 7.67. The molecule has 0 aromatic heterocycles. The van der Waals surface area contributed by atoms with Gasteiger partial charge in [0.05, 0.1) is 14.2 Å². The maximum Gasteiger partial charge on any atom is 0.127 e. The molecule has 1 saturated heterocycles. The van der Waals surface area contributed by atoms with Crippen molar-refractivity contribution in [3.05, 3.63) is 23.3 Å². The SMILES string of the molecule is COc1cc(OC)c(C2CC(CN)CN2C)cc1C(C)C. The van der Waals surface area contributed by atoms with Gasteiger partial charge in [-0.2, -0.15) is 0 Å². The van der Waals surface area contributed by atoms with Gasteiger partial charge in [0.1, 0.15) is 11.5 Å². The number of nitrogens with two attached hydrogens (primary N) is 1. The third-order valence-electron chi connectivity index (χ3n) is 4.53. The molecule has 2 rings (SSSR count). The van der Waals surface area contributed by atoms with Crippen LogP contribution in [0.2, 0.25) is 0 Å². The second-order valence-electron chi connectivity index (χ2n) is 6.28. The Balaban J connectivity index is 2.44. The molecule has 4 nitrogen and oxygen atoms in total. The Hall–Kier alpha value is -1.26. The lowest BCUT2D eigenvalue weighted by atomic mass is 9.93. The molecule has 1 heterocycles. The van der Waals surface area contributed by atoms with E-state index in [2.05, 4.69) is 31.9 Å². The molecule has 2 N–H and O–H groups in total. The van der Waals surface area contributed by atoms with Crippen LogP contribution in [0, 0.1) is 5.92 Å². The minimum Gasteiger partial charge on any atom is -0.496 e. The van der Waals surface area contributed by atoms with E-state index in [1.54, 1.807) is 14.2 Å². The fourth-order valence-corrected chi connectivity index (χ4v) is 3.30. The number of methoxy groups -OCH3 is 2. The average molecular weight is 292 g/mol. The van der Waals surface area contributed by atoms with Gasteiger partial charge in [0.15, 0.2) is 0 Å². The van der Waals surface area contributed by atoms with Crippen molar-refractivity contribution in [3.63, 3.8) is 0 Å². The number of hydrogen-bond acceptors (Lipinski definition) is 4. The van der Waals surface area contributed by atoms with Crippen molar-refractivity contribution >= 4 is 0 Å². The Morgan fingerprint density at radius 3 is 2.38 bits per heavy atom. The fourth-order valence-electron chi connectivity index (χ4n) is 3.30. The van der Waals surface area contributed by atoms with Crippen LogP contribution in [0.25, 0.3) is 0 Å². The van der Waals surface area contributed by atoms with Crippen molar-refractivity contribution in [3.8, 4) is 11.5 Å². The Bertz CT molecular complexity index is 488. The minimum absolute atomic E-state index is 0.372. The number of rotatable bonds is 5. The van der Waals surface area contributed by atoms with Crippen molar-refractivity contribution in [1.82, 2.24) is 4.90 Å². The van der Waals surface area contributed by atoms with Crippen molar-refractivity contribution in [1.29, 1.82) is 0 Å². The third kappa shape index (κ3) is 3.16. The zero-order valence-electron chi connectivity index (χ0n) is 13.8. The molecule has 0 bridgehead atoms. The summed E-state index contributed by atoms with van der Waals surface area (Å²) in [6, 6.07) is 4.65. The first-order valence-electron chi connectivity index (χ1n) is 7.67. The summed E-state index contributed by atoms with van der Waals surface area (Å²) in [4.78, 5) is 2.38. The van der Waals surface area contributed by atoms with Crippen molar-refractivity contribution < 1.29 is 9.47 Å². The van der Waals surface area contributed by atoms with Crippen LogP contribution in [0.15, 0.2) is 12.1 Å². The Morgan fingerprint density at radius 2 is 1.90 bits per heavy atom. The summed E-state index contributed by atoms with van der Waals surface area (Å²) in [6.07, 6.45) is 1.09. The summed E-state index contributed by atoms with van der Waals surface area (Å²) < 4.78 is 11.1. The van der Waals surface area contributed by atoms with Crippen LogP contribution < -0.4 is 15.2 Å². The molecule has 2 atom stereocenters. The van der Waals surface area contributed by atoms with Crippen LogP contribution in [-0.4, -0.2) is 39.3 Å². The largest absolute Gasteiger partial charge is 0.496 e.